The highest BCUT2D eigenvalue weighted by Gasteiger charge is 2.44. The summed E-state index contributed by atoms with van der Waals surface area (Å²) < 4.78 is 6.62. The standard InChI is InChI=1S/C11H14N4O6/c16-1-4-7(18)8(19)11(21-4)15-5(2-17)14-6-9(15)12-3-13-10(6)20/h3-4,7-8,11,16-19H,1-2H2,(H,12,13,20)/t4-,7-,8-,11-/m1/s1. The predicted octanol–water partition coefficient (Wildman–Crippen LogP) is -2.78. The van der Waals surface area contributed by atoms with E-state index in [0.717, 1.165) is 6.33 Å². The first-order chi connectivity index (χ1) is 10.1. The van der Waals surface area contributed by atoms with Crippen molar-refractivity contribution in [1.29, 1.82) is 0 Å². The van der Waals surface area contributed by atoms with Crippen molar-refractivity contribution in [1.82, 2.24) is 19.5 Å². The highest BCUT2D eigenvalue weighted by molar-refractivity contribution is 5.70. The lowest BCUT2D eigenvalue weighted by atomic mass is 10.1. The maximum atomic E-state index is 11.7. The zero-order chi connectivity index (χ0) is 15.1. The Morgan fingerprint density at radius 2 is 2.10 bits per heavy atom. The summed E-state index contributed by atoms with van der Waals surface area (Å²) in [6, 6.07) is 0. The number of imidazole rings is 1. The Morgan fingerprint density at radius 3 is 2.71 bits per heavy atom. The second kappa shape index (κ2) is 5.16. The molecule has 5 N–H and O–H groups in total. The highest BCUT2D eigenvalue weighted by atomic mass is 16.6. The normalized spacial score (nSPS) is 29.3. The maximum absolute atomic E-state index is 11.7. The van der Waals surface area contributed by atoms with Crippen LogP contribution >= 0.6 is 0 Å². The minimum Gasteiger partial charge on any atom is -0.394 e. The van der Waals surface area contributed by atoms with Gasteiger partial charge in [-0.15, -0.1) is 0 Å². The van der Waals surface area contributed by atoms with Gasteiger partial charge in [0.25, 0.3) is 5.56 Å². The van der Waals surface area contributed by atoms with Crippen molar-refractivity contribution in [3.05, 3.63) is 22.5 Å². The van der Waals surface area contributed by atoms with E-state index in [1.165, 1.54) is 4.57 Å². The number of rotatable bonds is 3. The lowest BCUT2D eigenvalue weighted by Gasteiger charge is -2.18. The fraction of sp³-hybridized carbons (Fsp3) is 0.545. The molecule has 0 saturated carbocycles. The molecule has 2 aromatic heterocycles. The van der Waals surface area contributed by atoms with Crippen LogP contribution < -0.4 is 5.56 Å². The first kappa shape index (κ1) is 14.1. The van der Waals surface area contributed by atoms with Crippen LogP contribution in [0, 0.1) is 0 Å². The van der Waals surface area contributed by atoms with E-state index in [-0.39, 0.29) is 17.0 Å². The second-order valence-electron chi connectivity index (χ2n) is 4.69. The van der Waals surface area contributed by atoms with Gasteiger partial charge in [-0.25, -0.2) is 9.97 Å². The van der Waals surface area contributed by atoms with Crippen LogP contribution in [0.5, 0.6) is 0 Å². The summed E-state index contributed by atoms with van der Waals surface area (Å²) in [7, 11) is 0. The van der Waals surface area contributed by atoms with Crippen LogP contribution in [0.4, 0.5) is 0 Å². The molecule has 1 fully saturated rings. The molecule has 0 amide bonds. The number of nitrogens with one attached hydrogen (secondary N) is 1. The summed E-state index contributed by atoms with van der Waals surface area (Å²) in [5.41, 5.74) is -0.405. The van der Waals surface area contributed by atoms with E-state index in [4.69, 9.17) is 9.84 Å². The van der Waals surface area contributed by atoms with Crippen molar-refractivity contribution >= 4 is 11.2 Å². The van der Waals surface area contributed by atoms with Crippen LogP contribution in [0.2, 0.25) is 0 Å². The summed E-state index contributed by atoms with van der Waals surface area (Å²) >= 11 is 0. The fourth-order valence-corrected chi connectivity index (χ4v) is 2.44. The molecular formula is C11H14N4O6. The molecule has 2 aromatic rings. The molecule has 0 spiro atoms. The summed E-state index contributed by atoms with van der Waals surface area (Å²) in [6.07, 6.45) is -3.59. The number of hydrogen-bond donors (Lipinski definition) is 5. The molecule has 1 saturated heterocycles. The van der Waals surface area contributed by atoms with Gasteiger partial charge in [-0.2, -0.15) is 0 Å². The van der Waals surface area contributed by atoms with Crippen molar-refractivity contribution in [2.75, 3.05) is 6.61 Å². The van der Waals surface area contributed by atoms with E-state index in [1.54, 1.807) is 0 Å². The van der Waals surface area contributed by atoms with Gasteiger partial charge < -0.3 is 30.1 Å². The predicted molar refractivity (Wildman–Crippen MR) is 67.1 cm³/mol. The molecule has 10 heteroatoms. The van der Waals surface area contributed by atoms with Crippen LogP contribution in [0.1, 0.15) is 12.1 Å². The third kappa shape index (κ3) is 2.04. The zero-order valence-corrected chi connectivity index (χ0v) is 10.7. The van der Waals surface area contributed by atoms with Crippen molar-refractivity contribution in [3.63, 3.8) is 0 Å². The van der Waals surface area contributed by atoms with Crippen LogP contribution in [-0.4, -0.2) is 64.9 Å². The minimum atomic E-state index is -1.36. The van der Waals surface area contributed by atoms with Crippen molar-refractivity contribution in [3.8, 4) is 0 Å². The number of H-pyrrole nitrogens is 1. The first-order valence-corrected chi connectivity index (χ1v) is 6.26. The molecule has 0 aromatic carbocycles. The third-order valence-electron chi connectivity index (χ3n) is 3.47. The molecule has 4 atom stereocenters. The van der Waals surface area contributed by atoms with E-state index in [9.17, 15) is 20.1 Å². The Bertz CT molecular complexity index is 712. The van der Waals surface area contributed by atoms with Crippen LogP contribution in [0.25, 0.3) is 11.2 Å². The zero-order valence-electron chi connectivity index (χ0n) is 10.7. The lowest BCUT2D eigenvalue weighted by molar-refractivity contribution is -0.0533. The average molecular weight is 298 g/mol. The van der Waals surface area contributed by atoms with Crippen LogP contribution in [0.15, 0.2) is 11.1 Å². The topological polar surface area (TPSA) is 154 Å². The van der Waals surface area contributed by atoms with Crippen LogP contribution in [0.3, 0.4) is 0 Å². The molecule has 21 heavy (non-hydrogen) atoms. The SMILES string of the molecule is O=c1[nH]cnc2c1nc(CO)n2[C@@H]1O[C@H](CO)[C@@H](O)[C@H]1O. The first-order valence-electron chi connectivity index (χ1n) is 6.26. The molecule has 1 aliphatic heterocycles. The fourth-order valence-electron chi connectivity index (χ4n) is 2.44. The highest BCUT2D eigenvalue weighted by Crippen LogP contribution is 2.32. The third-order valence-corrected chi connectivity index (χ3v) is 3.47. The number of aliphatic hydroxyl groups is 4. The van der Waals surface area contributed by atoms with Crippen LogP contribution in [-0.2, 0) is 11.3 Å². The molecule has 0 radical (unpaired) electrons. The van der Waals surface area contributed by atoms with Crippen molar-refractivity contribution in [2.45, 2.75) is 31.1 Å². The Labute approximate surface area is 117 Å². The van der Waals surface area contributed by atoms with Gasteiger partial charge in [-0.3, -0.25) is 9.36 Å². The van der Waals surface area contributed by atoms with Gasteiger partial charge in [0.05, 0.1) is 12.9 Å². The Kier molecular flexibility index (Phi) is 3.47. The van der Waals surface area contributed by atoms with Gasteiger partial charge in [0.2, 0.25) is 0 Å². The Hall–Kier alpha value is -1.85. The Balaban J connectivity index is 2.16. The van der Waals surface area contributed by atoms with Gasteiger partial charge in [0.1, 0.15) is 30.7 Å². The van der Waals surface area contributed by atoms with E-state index < -0.39 is 43.3 Å². The second-order valence-corrected chi connectivity index (χ2v) is 4.69. The minimum absolute atomic E-state index is 0.0145. The number of nitrogens with zero attached hydrogens (tertiary/aromatic N) is 3. The molecule has 10 nitrogen and oxygen atoms in total. The van der Waals surface area contributed by atoms with Crippen molar-refractivity contribution in [2.24, 2.45) is 0 Å². The smallest absolute Gasteiger partial charge is 0.278 e. The number of aromatic nitrogens is 4. The number of hydrogen-bond acceptors (Lipinski definition) is 8. The van der Waals surface area contributed by atoms with Gasteiger partial charge in [-0.05, 0) is 0 Å². The summed E-state index contributed by atoms with van der Waals surface area (Å²) in [6.45, 7) is -0.994. The number of aliphatic hydroxyl groups excluding tert-OH is 4. The van der Waals surface area contributed by atoms with E-state index in [0.29, 0.717) is 0 Å². The molecule has 0 aliphatic carbocycles. The molecule has 0 unspecified atom stereocenters. The van der Waals surface area contributed by atoms with Gasteiger partial charge in [0, 0.05) is 0 Å². The van der Waals surface area contributed by atoms with Crippen molar-refractivity contribution < 1.29 is 25.2 Å². The molecule has 1 aliphatic rings. The van der Waals surface area contributed by atoms with E-state index in [2.05, 4.69) is 15.0 Å². The van der Waals surface area contributed by atoms with Gasteiger partial charge in [0.15, 0.2) is 17.4 Å². The largest absolute Gasteiger partial charge is 0.394 e. The lowest BCUT2D eigenvalue weighted by Crippen LogP contribution is -2.33. The summed E-state index contributed by atoms with van der Waals surface area (Å²) in [4.78, 5) is 22.0. The average Bonchev–Trinajstić information content (AvgIpc) is 2.99. The molecule has 3 heterocycles. The summed E-state index contributed by atoms with van der Waals surface area (Å²) in [5, 5.41) is 38.3. The van der Waals surface area contributed by atoms with Gasteiger partial charge >= 0.3 is 0 Å². The van der Waals surface area contributed by atoms with Gasteiger partial charge in [-0.1, -0.05) is 0 Å². The quantitative estimate of drug-likeness (QED) is 0.408. The van der Waals surface area contributed by atoms with E-state index in [1.807, 2.05) is 0 Å². The summed E-state index contributed by atoms with van der Waals surface area (Å²) in [5.74, 6) is 0.0593. The number of aromatic amines is 1. The molecular weight excluding hydrogens is 284 g/mol. The molecule has 3 rings (SSSR count). The molecule has 114 valence electrons. The monoisotopic (exact) mass is 298 g/mol. The molecule has 0 bridgehead atoms. The Morgan fingerprint density at radius 1 is 1.33 bits per heavy atom. The number of ether oxygens (including phenoxy) is 1. The maximum Gasteiger partial charge on any atom is 0.278 e. The van der Waals surface area contributed by atoms with E-state index >= 15 is 0 Å². The number of fused-ring (bicyclic) bond motifs is 1.